The van der Waals surface area contributed by atoms with E-state index in [0.717, 1.165) is 0 Å². The maximum Gasteiger partial charge on any atom is 0.356 e. The molecule has 5 nitrogen and oxygen atoms in total. The van der Waals surface area contributed by atoms with Crippen LogP contribution >= 0.6 is 0 Å². The molecule has 0 fully saturated rings. The fourth-order valence-corrected chi connectivity index (χ4v) is 0.909. The minimum absolute atomic E-state index is 0.225. The van der Waals surface area contributed by atoms with E-state index in [2.05, 4.69) is 10.2 Å². The first-order valence-corrected chi connectivity index (χ1v) is 3.82. The Bertz CT molecular complexity index is 362. The zero-order chi connectivity index (χ0) is 9.84. The third-order valence-corrected chi connectivity index (χ3v) is 1.60. The van der Waals surface area contributed by atoms with Crippen molar-refractivity contribution in [3.63, 3.8) is 0 Å². The molecule has 0 aliphatic rings. The van der Waals surface area contributed by atoms with Crippen LogP contribution in [0, 0.1) is 18.3 Å². The maximum absolute atomic E-state index is 11.2. The number of hydrogen-bond donors (Lipinski definition) is 1. The van der Waals surface area contributed by atoms with Gasteiger partial charge in [0.05, 0.1) is 6.61 Å². The Balaban J connectivity index is 2.97. The van der Waals surface area contributed by atoms with Gasteiger partial charge in [-0.3, -0.25) is 5.10 Å². The molecule has 1 N–H and O–H groups in total. The first kappa shape index (κ1) is 9.26. The molecule has 0 atom stereocenters. The van der Waals surface area contributed by atoms with Crippen LogP contribution in [0.5, 0.6) is 0 Å². The van der Waals surface area contributed by atoms with Crippen LogP contribution < -0.4 is 0 Å². The molecule has 1 heterocycles. The molecule has 5 heteroatoms. The molecule has 0 aliphatic carbocycles. The number of nitrogens with one attached hydrogen (secondary N) is 1. The summed E-state index contributed by atoms with van der Waals surface area (Å²) in [6.45, 7) is 3.67. The van der Waals surface area contributed by atoms with Crippen molar-refractivity contribution < 1.29 is 9.53 Å². The first-order valence-electron chi connectivity index (χ1n) is 3.82. The smallest absolute Gasteiger partial charge is 0.356 e. The normalized spacial score (nSPS) is 9.31. The number of nitriles is 1. The van der Waals surface area contributed by atoms with Crippen molar-refractivity contribution in [2.75, 3.05) is 6.61 Å². The zero-order valence-electron chi connectivity index (χ0n) is 7.42. The third-order valence-electron chi connectivity index (χ3n) is 1.60. The van der Waals surface area contributed by atoms with Crippen LogP contribution in [0.4, 0.5) is 0 Å². The number of aromatic amines is 1. The molecular weight excluding hydrogens is 170 g/mol. The van der Waals surface area contributed by atoms with Gasteiger partial charge >= 0.3 is 5.97 Å². The van der Waals surface area contributed by atoms with Crippen LogP contribution in [-0.4, -0.2) is 22.8 Å². The average Bonchev–Trinajstić information content (AvgIpc) is 2.47. The molecule has 0 unspecified atom stereocenters. The third kappa shape index (κ3) is 1.67. The Labute approximate surface area is 75.3 Å². The summed E-state index contributed by atoms with van der Waals surface area (Å²) in [4.78, 5) is 11.2. The quantitative estimate of drug-likeness (QED) is 0.680. The monoisotopic (exact) mass is 179 g/mol. The van der Waals surface area contributed by atoms with E-state index in [1.165, 1.54) is 0 Å². The van der Waals surface area contributed by atoms with Crippen LogP contribution in [0.15, 0.2) is 0 Å². The van der Waals surface area contributed by atoms with Gasteiger partial charge in [-0.1, -0.05) is 0 Å². The highest BCUT2D eigenvalue weighted by Gasteiger charge is 2.15. The summed E-state index contributed by atoms with van der Waals surface area (Å²) in [6.07, 6.45) is 0. The van der Waals surface area contributed by atoms with E-state index in [0.29, 0.717) is 12.2 Å². The number of H-pyrrole nitrogens is 1. The van der Waals surface area contributed by atoms with Crippen molar-refractivity contribution in [1.82, 2.24) is 10.2 Å². The Morgan fingerprint density at radius 2 is 2.46 bits per heavy atom. The second-order valence-electron chi connectivity index (χ2n) is 2.40. The van der Waals surface area contributed by atoms with Crippen molar-refractivity contribution in [3.05, 3.63) is 17.0 Å². The molecule has 1 aromatic rings. The molecule has 0 saturated carbocycles. The van der Waals surface area contributed by atoms with Crippen molar-refractivity contribution in [2.45, 2.75) is 13.8 Å². The van der Waals surface area contributed by atoms with Gasteiger partial charge < -0.3 is 4.74 Å². The fraction of sp³-hybridized carbons (Fsp3) is 0.375. The summed E-state index contributed by atoms with van der Waals surface area (Å²) < 4.78 is 4.75. The lowest BCUT2D eigenvalue weighted by Gasteiger charge is -1.98. The summed E-state index contributed by atoms with van der Waals surface area (Å²) >= 11 is 0. The van der Waals surface area contributed by atoms with Crippen LogP contribution in [0.2, 0.25) is 0 Å². The van der Waals surface area contributed by atoms with E-state index >= 15 is 0 Å². The van der Waals surface area contributed by atoms with Gasteiger partial charge in [0.1, 0.15) is 11.8 Å². The van der Waals surface area contributed by atoms with Crippen molar-refractivity contribution in [3.8, 4) is 6.07 Å². The Morgan fingerprint density at radius 3 is 2.92 bits per heavy atom. The Kier molecular flexibility index (Phi) is 2.65. The van der Waals surface area contributed by atoms with Crippen LogP contribution in [0.1, 0.15) is 28.7 Å². The molecule has 0 spiro atoms. The van der Waals surface area contributed by atoms with Crippen LogP contribution in [0.3, 0.4) is 0 Å². The van der Waals surface area contributed by atoms with Crippen molar-refractivity contribution in [1.29, 1.82) is 5.26 Å². The highest BCUT2D eigenvalue weighted by atomic mass is 16.5. The fourth-order valence-electron chi connectivity index (χ4n) is 0.909. The molecule has 0 bridgehead atoms. The molecule has 0 aromatic carbocycles. The number of ether oxygens (including phenoxy) is 1. The molecular formula is C8H9N3O2. The highest BCUT2D eigenvalue weighted by Crippen LogP contribution is 2.09. The molecule has 1 rings (SSSR count). The van der Waals surface area contributed by atoms with E-state index in [1.54, 1.807) is 13.8 Å². The van der Waals surface area contributed by atoms with Gasteiger partial charge in [-0.2, -0.15) is 10.4 Å². The van der Waals surface area contributed by atoms with Crippen LogP contribution in [0.25, 0.3) is 0 Å². The minimum Gasteiger partial charge on any atom is -0.461 e. The summed E-state index contributed by atoms with van der Waals surface area (Å²) in [5.74, 6) is -0.478. The number of rotatable bonds is 2. The van der Waals surface area contributed by atoms with E-state index in [-0.39, 0.29) is 11.4 Å². The van der Waals surface area contributed by atoms with Gasteiger partial charge in [-0.05, 0) is 13.8 Å². The van der Waals surface area contributed by atoms with Crippen molar-refractivity contribution >= 4 is 5.97 Å². The van der Waals surface area contributed by atoms with Gasteiger partial charge in [0, 0.05) is 5.56 Å². The molecule has 68 valence electrons. The largest absolute Gasteiger partial charge is 0.461 e. The van der Waals surface area contributed by atoms with Gasteiger partial charge in [0.25, 0.3) is 0 Å². The topological polar surface area (TPSA) is 78.8 Å². The van der Waals surface area contributed by atoms with Crippen LogP contribution in [-0.2, 0) is 4.74 Å². The first-order chi connectivity index (χ1) is 6.20. The predicted molar refractivity (Wildman–Crippen MR) is 44.0 cm³/mol. The van der Waals surface area contributed by atoms with Gasteiger partial charge in [-0.25, -0.2) is 4.79 Å². The summed E-state index contributed by atoms with van der Waals surface area (Å²) in [5.41, 5.74) is 1.00. The van der Waals surface area contributed by atoms with Gasteiger partial charge in [0.15, 0.2) is 5.69 Å². The van der Waals surface area contributed by atoms with E-state index < -0.39 is 5.97 Å². The number of esters is 1. The molecule has 0 radical (unpaired) electrons. The second kappa shape index (κ2) is 3.72. The summed E-state index contributed by atoms with van der Waals surface area (Å²) in [5, 5.41) is 14.7. The average molecular weight is 179 g/mol. The van der Waals surface area contributed by atoms with Crippen molar-refractivity contribution in [2.24, 2.45) is 0 Å². The van der Waals surface area contributed by atoms with Gasteiger partial charge in [-0.15, -0.1) is 0 Å². The Morgan fingerprint density at radius 1 is 1.77 bits per heavy atom. The molecule has 1 aromatic heterocycles. The van der Waals surface area contributed by atoms with E-state index in [1.807, 2.05) is 6.07 Å². The van der Waals surface area contributed by atoms with E-state index in [4.69, 9.17) is 10.00 Å². The number of nitrogens with zero attached hydrogens (tertiary/aromatic N) is 2. The second-order valence-corrected chi connectivity index (χ2v) is 2.40. The lowest BCUT2D eigenvalue weighted by atomic mass is 10.2. The molecule has 0 amide bonds. The van der Waals surface area contributed by atoms with Gasteiger partial charge in [0.2, 0.25) is 0 Å². The standard InChI is InChI=1S/C8H9N3O2/c1-3-13-8(12)7-5(2)6(4-9)10-11-7/h3H2,1-2H3,(H,10,11). The number of aromatic nitrogens is 2. The minimum atomic E-state index is -0.478. The number of carbonyl (C=O) groups excluding carboxylic acids is 1. The molecule has 0 saturated heterocycles. The zero-order valence-corrected chi connectivity index (χ0v) is 7.42. The Hall–Kier alpha value is -1.83. The predicted octanol–water partition coefficient (Wildman–Crippen LogP) is 0.767. The molecule has 13 heavy (non-hydrogen) atoms. The number of carbonyl (C=O) groups is 1. The summed E-state index contributed by atoms with van der Waals surface area (Å²) in [6, 6.07) is 1.86. The lowest BCUT2D eigenvalue weighted by molar-refractivity contribution is 0.0518. The highest BCUT2D eigenvalue weighted by molar-refractivity contribution is 5.89. The molecule has 0 aliphatic heterocycles. The lowest BCUT2D eigenvalue weighted by Crippen LogP contribution is -2.06. The number of hydrogen-bond acceptors (Lipinski definition) is 4. The SMILES string of the molecule is CCOC(=O)c1[nH]nc(C#N)c1C. The summed E-state index contributed by atoms with van der Waals surface area (Å²) in [7, 11) is 0. The van der Waals surface area contributed by atoms with E-state index in [9.17, 15) is 4.79 Å². The maximum atomic E-state index is 11.2.